The van der Waals surface area contributed by atoms with Crippen LogP contribution in [-0.4, -0.2) is 46.8 Å². The second-order valence-corrected chi connectivity index (χ2v) is 7.10. The minimum absolute atomic E-state index is 0.0743. The summed E-state index contributed by atoms with van der Waals surface area (Å²) >= 11 is 0. The van der Waals surface area contributed by atoms with Crippen LogP contribution in [0.3, 0.4) is 0 Å². The molecule has 0 radical (unpaired) electrons. The van der Waals surface area contributed by atoms with Crippen molar-refractivity contribution in [2.75, 3.05) is 19.7 Å². The molecule has 0 aliphatic carbocycles. The number of H-pyrrole nitrogens is 1. The van der Waals surface area contributed by atoms with Gasteiger partial charge < -0.3 is 9.64 Å². The highest BCUT2D eigenvalue weighted by atomic mass is 16.5. The summed E-state index contributed by atoms with van der Waals surface area (Å²) in [4.78, 5) is 14.3. The molecule has 0 spiro atoms. The zero-order valence-electron chi connectivity index (χ0n) is 15.3. The highest BCUT2D eigenvalue weighted by molar-refractivity contribution is 5.77. The average Bonchev–Trinajstić information content (AvgIpc) is 3.10. The molecule has 1 N–H and O–H groups in total. The third-order valence-electron chi connectivity index (χ3n) is 4.75. The molecule has 5 heteroatoms. The van der Waals surface area contributed by atoms with E-state index in [4.69, 9.17) is 4.74 Å². The van der Waals surface area contributed by atoms with Gasteiger partial charge in [0.05, 0.1) is 12.3 Å². The lowest BCUT2D eigenvalue weighted by molar-refractivity contribution is -0.138. The molecule has 2 heterocycles. The van der Waals surface area contributed by atoms with Gasteiger partial charge in [-0.2, -0.15) is 5.10 Å². The fourth-order valence-corrected chi connectivity index (χ4v) is 3.34. The van der Waals surface area contributed by atoms with Gasteiger partial charge >= 0.3 is 0 Å². The van der Waals surface area contributed by atoms with Gasteiger partial charge in [0.25, 0.3) is 0 Å². The van der Waals surface area contributed by atoms with Gasteiger partial charge in [0.15, 0.2) is 0 Å². The number of hydrogen-bond acceptors (Lipinski definition) is 3. The van der Waals surface area contributed by atoms with Gasteiger partial charge in [-0.25, -0.2) is 0 Å². The van der Waals surface area contributed by atoms with Crippen molar-refractivity contribution in [2.24, 2.45) is 0 Å². The van der Waals surface area contributed by atoms with Crippen LogP contribution >= 0.6 is 0 Å². The number of ether oxygens (including phenoxy) is 1. The van der Waals surface area contributed by atoms with Crippen molar-refractivity contribution >= 4 is 5.91 Å². The second-order valence-electron chi connectivity index (χ2n) is 7.10. The predicted molar refractivity (Wildman–Crippen MR) is 98.4 cm³/mol. The first-order valence-electron chi connectivity index (χ1n) is 9.04. The Morgan fingerprint density at radius 2 is 2.12 bits per heavy atom. The first kappa shape index (κ1) is 17.7. The monoisotopic (exact) mass is 341 g/mol. The Morgan fingerprint density at radius 1 is 1.36 bits per heavy atom. The fraction of sp³-hybridized carbons (Fsp3) is 0.500. The zero-order valence-corrected chi connectivity index (χ0v) is 15.3. The standard InChI is InChI=1S/C20H27N3O2/c1-14(2)25-13-19(24)23-10-4-5-17(12-23)20-18(11-21-22-20)16-8-6-15(3)7-9-16/h6-9,11,14,17H,4-5,10,12-13H2,1-3H3,(H,21,22)/t17-/m1/s1. The number of rotatable bonds is 5. The number of aromatic amines is 1. The topological polar surface area (TPSA) is 58.2 Å². The van der Waals surface area contributed by atoms with Gasteiger partial charge in [-0.05, 0) is 39.2 Å². The normalized spacial score (nSPS) is 17.9. The number of benzene rings is 1. The molecule has 2 aromatic rings. The number of likely N-dealkylation sites (tertiary alicyclic amines) is 1. The van der Waals surface area contributed by atoms with Crippen LogP contribution in [-0.2, 0) is 9.53 Å². The van der Waals surface area contributed by atoms with Crippen LogP contribution in [0.25, 0.3) is 11.1 Å². The van der Waals surface area contributed by atoms with Gasteiger partial charge in [0.1, 0.15) is 6.61 Å². The highest BCUT2D eigenvalue weighted by Gasteiger charge is 2.27. The molecule has 1 fully saturated rings. The molecule has 1 aliphatic heterocycles. The maximum absolute atomic E-state index is 12.4. The molecule has 0 saturated carbocycles. The number of amides is 1. The molecular weight excluding hydrogens is 314 g/mol. The van der Waals surface area contributed by atoms with Crippen molar-refractivity contribution in [3.05, 3.63) is 41.7 Å². The molecule has 1 aromatic carbocycles. The first-order chi connectivity index (χ1) is 12.0. The van der Waals surface area contributed by atoms with Gasteiger partial charge in [-0.15, -0.1) is 0 Å². The zero-order chi connectivity index (χ0) is 17.8. The van der Waals surface area contributed by atoms with Gasteiger partial charge in [0.2, 0.25) is 5.91 Å². The molecule has 3 rings (SSSR count). The second kappa shape index (κ2) is 7.83. The van der Waals surface area contributed by atoms with E-state index < -0.39 is 0 Å². The van der Waals surface area contributed by atoms with E-state index in [-0.39, 0.29) is 24.5 Å². The van der Waals surface area contributed by atoms with E-state index in [0.717, 1.165) is 37.2 Å². The van der Waals surface area contributed by atoms with E-state index in [1.54, 1.807) is 0 Å². The van der Waals surface area contributed by atoms with Crippen molar-refractivity contribution in [1.82, 2.24) is 15.1 Å². The van der Waals surface area contributed by atoms with E-state index in [0.29, 0.717) is 0 Å². The Bertz CT molecular complexity index is 706. The van der Waals surface area contributed by atoms with E-state index in [1.807, 2.05) is 24.9 Å². The van der Waals surface area contributed by atoms with Crippen molar-refractivity contribution in [3.63, 3.8) is 0 Å². The predicted octanol–water partition coefficient (Wildman–Crippen LogP) is 3.52. The van der Waals surface area contributed by atoms with Crippen molar-refractivity contribution in [1.29, 1.82) is 0 Å². The number of nitrogens with zero attached hydrogens (tertiary/aromatic N) is 2. The van der Waals surface area contributed by atoms with Crippen LogP contribution in [0.4, 0.5) is 0 Å². The van der Waals surface area contributed by atoms with Gasteiger partial charge in [-0.1, -0.05) is 29.8 Å². The van der Waals surface area contributed by atoms with Crippen molar-refractivity contribution < 1.29 is 9.53 Å². The SMILES string of the molecule is Cc1ccc(-c2cn[nH]c2[C@@H]2CCCN(C(=O)COC(C)C)C2)cc1. The number of nitrogens with one attached hydrogen (secondary N) is 1. The number of carbonyl (C=O) groups excluding carboxylic acids is 1. The molecule has 25 heavy (non-hydrogen) atoms. The number of aromatic nitrogens is 2. The van der Waals surface area contributed by atoms with E-state index in [2.05, 4.69) is 41.4 Å². The summed E-state index contributed by atoms with van der Waals surface area (Å²) in [5.74, 6) is 0.366. The highest BCUT2D eigenvalue weighted by Crippen LogP contribution is 2.33. The largest absolute Gasteiger partial charge is 0.369 e. The smallest absolute Gasteiger partial charge is 0.248 e. The van der Waals surface area contributed by atoms with Gasteiger partial charge in [0, 0.05) is 30.3 Å². The maximum Gasteiger partial charge on any atom is 0.248 e. The van der Waals surface area contributed by atoms with Gasteiger partial charge in [-0.3, -0.25) is 9.89 Å². The summed E-state index contributed by atoms with van der Waals surface area (Å²) in [5, 5.41) is 7.45. The van der Waals surface area contributed by atoms with Crippen molar-refractivity contribution in [2.45, 2.75) is 45.6 Å². The third-order valence-corrected chi connectivity index (χ3v) is 4.75. The summed E-state index contributed by atoms with van der Waals surface area (Å²) in [7, 11) is 0. The Hall–Kier alpha value is -2.14. The lowest BCUT2D eigenvalue weighted by Gasteiger charge is -2.33. The molecule has 5 nitrogen and oxygen atoms in total. The van der Waals surface area contributed by atoms with Crippen LogP contribution in [0.1, 0.15) is 43.9 Å². The Kier molecular flexibility index (Phi) is 5.53. The summed E-state index contributed by atoms with van der Waals surface area (Å²) in [6.07, 6.45) is 4.04. The minimum atomic E-state index is 0.0743. The van der Waals surface area contributed by atoms with Crippen molar-refractivity contribution in [3.8, 4) is 11.1 Å². The quantitative estimate of drug-likeness (QED) is 0.905. The molecule has 134 valence electrons. The maximum atomic E-state index is 12.4. The third kappa shape index (κ3) is 4.28. The Labute approximate surface area is 149 Å². The van der Waals surface area contributed by atoms with Crippen LogP contribution in [0.2, 0.25) is 0 Å². The lowest BCUT2D eigenvalue weighted by Crippen LogP contribution is -2.41. The van der Waals surface area contributed by atoms with Crippen LogP contribution in [0, 0.1) is 6.92 Å². The number of carbonyl (C=O) groups is 1. The lowest BCUT2D eigenvalue weighted by atomic mass is 9.90. The summed E-state index contributed by atoms with van der Waals surface area (Å²) in [6, 6.07) is 8.50. The number of piperidine rings is 1. The summed E-state index contributed by atoms with van der Waals surface area (Å²) in [5.41, 5.74) is 4.68. The molecule has 1 aromatic heterocycles. The molecule has 0 bridgehead atoms. The molecule has 1 amide bonds. The molecule has 1 atom stereocenters. The first-order valence-corrected chi connectivity index (χ1v) is 9.04. The van der Waals surface area contributed by atoms with E-state index in [9.17, 15) is 4.79 Å². The number of hydrogen-bond donors (Lipinski definition) is 1. The minimum Gasteiger partial charge on any atom is -0.369 e. The summed E-state index contributed by atoms with van der Waals surface area (Å²) in [6.45, 7) is 7.68. The molecule has 1 aliphatic rings. The van der Waals surface area contributed by atoms with Crippen LogP contribution in [0.5, 0.6) is 0 Å². The molecule has 1 saturated heterocycles. The average molecular weight is 341 g/mol. The number of aryl methyl sites for hydroxylation is 1. The Balaban J connectivity index is 1.73. The summed E-state index contributed by atoms with van der Waals surface area (Å²) < 4.78 is 5.48. The molecular formula is C20H27N3O2. The fourth-order valence-electron chi connectivity index (χ4n) is 3.34. The van der Waals surface area contributed by atoms with Crippen LogP contribution in [0.15, 0.2) is 30.5 Å². The van der Waals surface area contributed by atoms with Crippen LogP contribution < -0.4 is 0 Å². The molecule has 0 unspecified atom stereocenters. The Morgan fingerprint density at radius 3 is 2.84 bits per heavy atom. The van der Waals surface area contributed by atoms with E-state index >= 15 is 0 Å². The van der Waals surface area contributed by atoms with E-state index in [1.165, 1.54) is 11.1 Å².